The summed E-state index contributed by atoms with van der Waals surface area (Å²) in [5.41, 5.74) is 0. The van der Waals surface area contributed by atoms with Crippen molar-refractivity contribution in [3.8, 4) is 0 Å². The predicted molar refractivity (Wildman–Crippen MR) is 436 cm³/mol. The first-order chi connectivity index (χ1) is 51.7. The number of unbranched alkanes of at least 4 members (excludes halogenated alkanes) is 29. The zero-order valence-corrected chi connectivity index (χ0v) is 68.4. The number of aliphatic hydroxyl groups excluding tert-OH is 1. The van der Waals surface area contributed by atoms with E-state index in [-0.39, 0.29) is 25.7 Å². The zero-order chi connectivity index (χ0) is 77.4. The number of carbonyl (C=O) groups excluding carboxylic acids is 4. The molecular weight excluding hydrogens is 1380 g/mol. The molecule has 0 radical (unpaired) electrons. The fourth-order valence-corrected chi connectivity index (χ4v) is 12.4. The number of aliphatic hydroxyl groups is 1. The molecule has 0 rings (SSSR count). The van der Waals surface area contributed by atoms with Gasteiger partial charge < -0.3 is 33.8 Å². The summed E-state index contributed by atoms with van der Waals surface area (Å²) in [7, 11) is -9.98. The molecule has 0 bridgehead atoms. The van der Waals surface area contributed by atoms with Crippen LogP contribution in [0.5, 0.6) is 0 Å². The normalized spacial score (nSPS) is 14.5. The number of phosphoric acid groups is 2. The average Bonchev–Trinajstić information content (AvgIpc) is 0.903. The fraction of sp³-hybridized carbons (Fsp3) is 0.701. The van der Waals surface area contributed by atoms with Crippen molar-refractivity contribution < 1.29 is 80.2 Å². The minimum Gasteiger partial charge on any atom is -0.462 e. The van der Waals surface area contributed by atoms with Crippen LogP contribution in [0.3, 0.4) is 0 Å². The van der Waals surface area contributed by atoms with Crippen molar-refractivity contribution in [2.75, 3.05) is 39.6 Å². The highest BCUT2D eigenvalue weighted by atomic mass is 31.2. The summed E-state index contributed by atoms with van der Waals surface area (Å²) in [5, 5.41) is 10.7. The number of allylic oxidation sites excluding steroid dienone is 22. The molecule has 0 fully saturated rings. The highest BCUT2D eigenvalue weighted by Gasteiger charge is 2.30. The lowest BCUT2D eigenvalue weighted by Crippen LogP contribution is -2.30. The van der Waals surface area contributed by atoms with E-state index in [4.69, 9.17) is 37.0 Å². The van der Waals surface area contributed by atoms with Crippen LogP contribution in [0.15, 0.2) is 134 Å². The highest BCUT2D eigenvalue weighted by molar-refractivity contribution is 7.47. The van der Waals surface area contributed by atoms with E-state index in [0.29, 0.717) is 25.7 Å². The molecule has 5 unspecified atom stereocenters. The minimum absolute atomic E-state index is 0.0738. The van der Waals surface area contributed by atoms with Crippen LogP contribution in [-0.2, 0) is 65.4 Å². The van der Waals surface area contributed by atoms with E-state index in [9.17, 15) is 43.2 Å². The second kappa shape index (κ2) is 78.3. The summed E-state index contributed by atoms with van der Waals surface area (Å²) in [4.78, 5) is 73.1. The van der Waals surface area contributed by atoms with E-state index in [1.807, 2.05) is 0 Å². The molecule has 5 atom stereocenters. The van der Waals surface area contributed by atoms with Gasteiger partial charge in [0.2, 0.25) is 0 Å². The van der Waals surface area contributed by atoms with Crippen molar-refractivity contribution in [2.45, 2.75) is 354 Å². The standard InChI is InChI=1S/C87H148O17P2/c1-5-9-13-17-21-25-29-33-36-38-40-42-45-49-52-56-60-64-68-72-85(90)98-78-83(104-87(92)74-70-66-62-58-54-50-46-43-41-39-37-34-30-26-22-18-14-10-6-2)80-102-106(95,96)100-76-81(88)75-99-105(93,94)101-79-82(103-86(91)73-69-65-61-57-53-47-32-28-24-20-16-12-8-4)77-97-84(89)71-67-63-59-55-51-48-44-35-31-27-23-19-15-11-7-3/h9,11,13,15,21-23,25-28,32-37,40-44,81-83,88H,5-8,10,12,14,16-20,24,29-31,38-39,45-80H2,1-4H3,(H,93,94)(H,95,96)/b13-9-,15-11-,25-21-,26-22-,27-23-,32-28-,36-33-,37-34-,42-40-,43-41-,44-35-. The molecule has 608 valence electrons. The van der Waals surface area contributed by atoms with E-state index in [0.717, 1.165) is 212 Å². The van der Waals surface area contributed by atoms with E-state index < -0.39 is 97.5 Å². The van der Waals surface area contributed by atoms with Gasteiger partial charge in [0.1, 0.15) is 19.3 Å². The molecule has 0 aliphatic carbocycles. The fourth-order valence-electron chi connectivity index (χ4n) is 10.8. The molecule has 0 spiro atoms. The van der Waals surface area contributed by atoms with Crippen molar-refractivity contribution >= 4 is 39.5 Å². The van der Waals surface area contributed by atoms with Crippen molar-refractivity contribution in [1.82, 2.24) is 0 Å². The van der Waals surface area contributed by atoms with Crippen LogP contribution < -0.4 is 0 Å². The van der Waals surface area contributed by atoms with Gasteiger partial charge in [0.05, 0.1) is 26.4 Å². The third kappa shape index (κ3) is 77.4. The van der Waals surface area contributed by atoms with Crippen LogP contribution in [0, 0.1) is 0 Å². The topological polar surface area (TPSA) is 237 Å². The summed E-state index contributed by atoms with van der Waals surface area (Å²) < 4.78 is 68.7. The maximum absolute atomic E-state index is 13.1. The van der Waals surface area contributed by atoms with Crippen LogP contribution >= 0.6 is 15.6 Å². The molecule has 0 saturated heterocycles. The lowest BCUT2D eigenvalue weighted by atomic mass is 10.1. The number of hydrogen-bond acceptors (Lipinski definition) is 15. The van der Waals surface area contributed by atoms with E-state index in [1.165, 1.54) is 44.9 Å². The molecule has 0 aliphatic rings. The molecule has 19 heteroatoms. The molecule has 0 amide bonds. The van der Waals surface area contributed by atoms with Gasteiger partial charge in [-0.25, -0.2) is 9.13 Å². The maximum atomic E-state index is 13.1. The first-order valence-corrected chi connectivity index (χ1v) is 44.4. The Morgan fingerprint density at radius 3 is 0.783 bits per heavy atom. The molecule has 0 aromatic heterocycles. The molecule has 17 nitrogen and oxygen atoms in total. The van der Waals surface area contributed by atoms with E-state index in [2.05, 4.69) is 161 Å². The lowest BCUT2D eigenvalue weighted by molar-refractivity contribution is -0.161. The van der Waals surface area contributed by atoms with Gasteiger partial charge in [-0.3, -0.25) is 37.3 Å². The van der Waals surface area contributed by atoms with Gasteiger partial charge in [0, 0.05) is 25.7 Å². The number of phosphoric ester groups is 2. The monoisotopic (exact) mass is 1530 g/mol. The summed E-state index contributed by atoms with van der Waals surface area (Å²) in [5.74, 6) is -2.23. The SMILES string of the molecule is CC/C=C\C/C=C\C/C=C\C/C=C\CCCCCCCCC(=O)OCC(COP(=O)(O)OCC(O)COP(=O)(O)OCC(COC(=O)CCCCCCC/C=C\C/C=C\C/C=C\CC)OC(=O)CCCCCCC/C=C\CCCCCC)OC(=O)CCCCCCCC/C=C\C/C=C\C/C=C\CCCCC. The quantitative estimate of drug-likeness (QED) is 0.0169. The average molecular weight is 1530 g/mol. The molecule has 0 aromatic rings. The van der Waals surface area contributed by atoms with E-state index in [1.54, 1.807) is 0 Å². The first-order valence-electron chi connectivity index (χ1n) is 41.4. The van der Waals surface area contributed by atoms with Crippen LogP contribution in [-0.4, -0.2) is 96.7 Å². The number of esters is 4. The molecule has 0 aliphatic heterocycles. The van der Waals surface area contributed by atoms with Gasteiger partial charge in [0.25, 0.3) is 0 Å². The molecule has 3 N–H and O–H groups in total. The second-order valence-electron chi connectivity index (χ2n) is 27.3. The highest BCUT2D eigenvalue weighted by Crippen LogP contribution is 2.45. The van der Waals surface area contributed by atoms with Crippen molar-refractivity contribution in [2.24, 2.45) is 0 Å². The summed E-state index contributed by atoms with van der Waals surface area (Å²) in [6.45, 7) is 4.58. The van der Waals surface area contributed by atoms with E-state index >= 15 is 0 Å². The van der Waals surface area contributed by atoms with Gasteiger partial charge in [-0.1, -0.05) is 283 Å². The largest absolute Gasteiger partial charge is 0.472 e. The number of hydrogen-bond donors (Lipinski definition) is 3. The van der Waals surface area contributed by atoms with Crippen LogP contribution in [0.2, 0.25) is 0 Å². The van der Waals surface area contributed by atoms with Crippen LogP contribution in [0.4, 0.5) is 0 Å². The minimum atomic E-state index is -4.99. The third-order valence-electron chi connectivity index (χ3n) is 17.1. The molecule has 0 aromatic carbocycles. The van der Waals surface area contributed by atoms with Crippen LogP contribution in [0.1, 0.15) is 336 Å². The van der Waals surface area contributed by atoms with Crippen molar-refractivity contribution in [3.05, 3.63) is 134 Å². The third-order valence-corrected chi connectivity index (χ3v) is 19.0. The Morgan fingerprint density at radius 2 is 0.491 bits per heavy atom. The smallest absolute Gasteiger partial charge is 0.462 e. The summed E-state index contributed by atoms with van der Waals surface area (Å²) in [6.07, 6.45) is 88.4. The predicted octanol–water partition coefficient (Wildman–Crippen LogP) is 24.4. The second-order valence-corrected chi connectivity index (χ2v) is 30.2. The van der Waals surface area contributed by atoms with Gasteiger partial charge in [-0.15, -0.1) is 0 Å². The molecule has 0 heterocycles. The molecule has 106 heavy (non-hydrogen) atoms. The van der Waals surface area contributed by atoms with Gasteiger partial charge in [-0.2, -0.15) is 0 Å². The van der Waals surface area contributed by atoms with Crippen molar-refractivity contribution in [1.29, 1.82) is 0 Å². The Kier molecular flexibility index (Phi) is 74.8. The van der Waals surface area contributed by atoms with Crippen LogP contribution in [0.25, 0.3) is 0 Å². The number of ether oxygens (including phenoxy) is 4. The zero-order valence-electron chi connectivity index (χ0n) is 66.6. The number of rotatable bonds is 77. The Morgan fingerprint density at radius 1 is 0.274 bits per heavy atom. The Labute approximate surface area is 644 Å². The first kappa shape index (κ1) is 101. The maximum Gasteiger partial charge on any atom is 0.472 e. The van der Waals surface area contributed by atoms with Gasteiger partial charge in [-0.05, 0) is 161 Å². The van der Waals surface area contributed by atoms with Gasteiger partial charge in [0.15, 0.2) is 12.2 Å². The Balaban J connectivity index is 5.40. The Bertz CT molecular complexity index is 2530. The van der Waals surface area contributed by atoms with Gasteiger partial charge >= 0.3 is 39.5 Å². The number of carbonyl (C=O) groups is 4. The summed E-state index contributed by atoms with van der Waals surface area (Å²) >= 11 is 0. The van der Waals surface area contributed by atoms with Crippen molar-refractivity contribution in [3.63, 3.8) is 0 Å². The Hall–Kier alpha value is -4.80. The molecule has 0 saturated carbocycles. The summed E-state index contributed by atoms with van der Waals surface area (Å²) in [6, 6.07) is 0. The lowest BCUT2D eigenvalue weighted by Gasteiger charge is -2.21. The molecular formula is C87H148O17P2.